The van der Waals surface area contributed by atoms with E-state index in [1.807, 2.05) is 18.2 Å². The Balaban J connectivity index is 1.96. The van der Waals surface area contributed by atoms with Gasteiger partial charge in [0.05, 0.1) is 0 Å². The quantitative estimate of drug-likeness (QED) is 0.745. The van der Waals surface area contributed by atoms with E-state index in [0.717, 1.165) is 41.8 Å². The number of aromatic nitrogens is 2. The highest BCUT2D eigenvalue weighted by molar-refractivity contribution is 6.31. The summed E-state index contributed by atoms with van der Waals surface area (Å²) in [5.74, 6) is 0.815. The highest BCUT2D eigenvalue weighted by atomic mass is 35.5. The molecule has 102 valence electrons. The fourth-order valence-corrected chi connectivity index (χ4v) is 2.91. The molecule has 4 rings (SSSR count). The van der Waals surface area contributed by atoms with Crippen molar-refractivity contribution in [1.29, 1.82) is 0 Å². The summed E-state index contributed by atoms with van der Waals surface area (Å²) in [7, 11) is 0. The van der Waals surface area contributed by atoms with Crippen molar-refractivity contribution in [1.82, 2.24) is 9.97 Å². The standard InChI is InChI=1S/C14H13ClN4O/c15-8-1-2-11-10(5-8)12-13(20-11)14(18-7-17-12)19-4-3-9(16)6-19/h1-2,5,7,9H,3-4,6,16H2/t9-/m0/s1. The van der Waals surface area contributed by atoms with E-state index in [1.165, 1.54) is 0 Å². The van der Waals surface area contributed by atoms with Crippen molar-refractivity contribution in [2.75, 3.05) is 18.0 Å². The Morgan fingerprint density at radius 3 is 3.05 bits per heavy atom. The topological polar surface area (TPSA) is 68.2 Å². The Morgan fingerprint density at radius 1 is 1.35 bits per heavy atom. The first-order valence-corrected chi connectivity index (χ1v) is 6.93. The monoisotopic (exact) mass is 288 g/mol. The van der Waals surface area contributed by atoms with Gasteiger partial charge in [0.2, 0.25) is 0 Å². The number of nitrogens with zero attached hydrogens (tertiary/aromatic N) is 3. The highest BCUT2D eigenvalue weighted by Crippen LogP contribution is 2.34. The van der Waals surface area contributed by atoms with E-state index < -0.39 is 0 Å². The van der Waals surface area contributed by atoms with Crippen LogP contribution in [0.15, 0.2) is 28.9 Å². The van der Waals surface area contributed by atoms with Gasteiger partial charge in [-0.2, -0.15) is 0 Å². The van der Waals surface area contributed by atoms with E-state index in [1.54, 1.807) is 6.33 Å². The van der Waals surface area contributed by atoms with Crippen molar-refractivity contribution in [3.05, 3.63) is 29.5 Å². The lowest BCUT2D eigenvalue weighted by Crippen LogP contribution is -2.26. The van der Waals surface area contributed by atoms with Crippen LogP contribution in [0.25, 0.3) is 22.1 Å². The van der Waals surface area contributed by atoms with Gasteiger partial charge in [0, 0.05) is 29.5 Å². The normalized spacial score (nSPS) is 19.3. The van der Waals surface area contributed by atoms with Gasteiger partial charge in [-0.15, -0.1) is 0 Å². The number of anilines is 1. The SMILES string of the molecule is N[C@H]1CCN(c2ncnc3c2oc2ccc(Cl)cc23)C1. The van der Waals surface area contributed by atoms with Crippen molar-refractivity contribution in [2.24, 2.45) is 5.73 Å². The molecule has 0 aliphatic carbocycles. The van der Waals surface area contributed by atoms with Crippen LogP contribution in [0.5, 0.6) is 0 Å². The van der Waals surface area contributed by atoms with Gasteiger partial charge in [-0.05, 0) is 24.6 Å². The smallest absolute Gasteiger partial charge is 0.196 e. The highest BCUT2D eigenvalue weighted by Gasteiger charge is 2.24. The summed E-state index contributed by atoms with van der Waals surface area (Å²) in [5.41, 5.74) is 8.25. The van der Waals surface area contributed by atoms with Crippen molar-refractivity contribution in [2.45, 2.75) is 12.5 Å². The second kappa shape index (κ2) is 4.33. The molecule has 1 aromatic carbocycles. The van der Waals surface area contributed by atoms with Crippen LogP contribution in [0.4, 0.5) is 5.82 Å². The largest absolute Gasteiger partial charge is 0.450 e. The van der Waals surface area contributed by atoms with E-state index in [-0.39, 0.29) is 6.04 Å². The molecule has 6 heteroatoms. The molecule has 3 heterocycles. The zero-order valence-corrected chi connectivity index (χ0v) is 11.5. The van der Waals surface area contributed by atoms with Crippen LogP contribution in [0, 0.1) is 0 Å². The maximum atomic E-state index is 6.05. The summed E-state index contributed by atoms with van der Waals surface area (Å²) in [6, 6.07) is 5.73. The van der Waals surface area contributed by atoms with Gasteiger partial charge in [-0.1, -0.05) is 11.6 Å². The van der Waals surface area contributed by atoms with Gasteiger partial charge in [0.15, 0.2) is 11.4 Å². The number of nitrogens with two attached hydrogens (primary N) is 1. The molecule has 5 nitrogen and oxygen atoms in total. The second-order valence-electron chi connectivity index (χ2n) is 5.11. The van der Waals surface area contributed by atoms with E-state index >= 15 is 0 Å². The zero-order chi connectivity index (χ0) is 13.7. The molecule has 3 aromatic rings. The van der Waals surface area contributed by atoms with Gasteiger partial charge in [-0.3, -0.25) is 0 Å². The van der Waals surface area contributed by atoms with Gasteiger partial charge >= 0.3 is 0 Å². The van der Waals surface area contributed by atoms with Gasteiger partial charge in [-0.25, -0.2) is 9.97 Å². The number of fused-ring (bicyclic) bond motifs is 3. The van der Waals surface area contributed by atoms with Gasteiger partial charge < -0.3 is 15.1 Å². The molecule has 2 aromatic heterocycles. The lowest BCUT2D eigenvalue weighted by Gasteiger charge is -2.16. The molecule has 1 atom stereocenters. The number of furan rings is 1. The molecule has 0 bridgehead atoms. The average Bonchev–Trinajstić information content (AvgIpc) is 3.02. The molecule has 0 spiro atoms. The fourth-order valence-electron chi connectivity index (χ4n) is 2.74. The van der Waals surface area contributed by atoms with E-state index in [9.17, 15) is 0 Å². The number of rotatable bonds is 1. The number of hydrogen-bond acceptors (Lipinski definition) is 5. The molecular formula is C14H13ClN4O. The Kier molecular flexibility index (Phi) is 2.58. The summed E-state index contributed by atoms with van der Waals surface area (Å²) < 4.78 is 5.92. The molecule has 1 saturated heterocycles. The van der Waals surface area contributed by atoms with Crippen LogP contribution in [-0.2, 0) is 0 Å². The average molecular weight is 289 g/mol. The maximum absolute atomic E-state index is 6.05. The number of hydrogen-bond donors (Lipinski definition) is 1. The summed E-state index contributed by atoms with van der Waals surface area (Å²) in [5, 5.41) is 1.59. The molecule has 2 N–H and O–H groups in total. The van der Waals surface area contributed by atoms with Crippen LogP contribution >= 0.6 is 11.6 Å². The molecule has 0 unspecified atom stereocenters. The third-order valence-corrected chi connectivity index (χ3v) is 3.95. The molecule has 1 aliphatic rings. The predicted molar refractivity (Wildman–Crippen MR) is 79.1 cm³/mol. The first kappa shape index (κ1) is 11.9. The minimum atomic E-state index is 0.193. The predicted octanol–water partition coefficient (Wildman–Crippen LogP) is 2.57. The minimum Gasteiger partial charge on any atom is -0.450 e. The fraction of sp³-hybridized carbons (Fsp3) is 0.286. The van der Waals surface area contributed by atoms with Crippen LogP contribution in [0.2, 0.25) is 5.02 Å². The minimum absolute atomic E-state index is 0.193. The lowest BCUT2D eigenvalue weighted by molar-refractivity contribution is 0.662. The van der Waals surface area contributed by atoms with Crippen LogP contribution in [-0.4, -0.2) is 29.1 Å². The van der Waals surface area contributed by atoms with Crippen LogP contribution in [0.1, 0.15) is 6.42 Å². The summed E-state index contributed by atoms with van der Waals surface area (Å²) in [4.78, 5) is 10.9. The van der Waals surface area contributed by atoms with Crippen LogP contribution < -0.4 is 10.6 Å². The summed E-state index contributed by atoms with van der Waals surface area (Å²) in [6.07, 6.45) is 2.54. The maximum Gasteiger partial charge on any atom is 0.196 e. The molecule has 0 saturated carbocycles. The lowest BCUT2D eigenvalue weighted by atomic mass is 10.2. The third kappa shape index (κ3) is 1.74. The summed E-state index contributed by atoms with van der Waals surface area (Å²) >= 11 is 6.05. The second-order valence-corrected chi connectivity index (χ2v) is 5.55. The molecule has 1 fully saturated rings. The summed E-state index contributed by atoms with van der Waals surface area (Å²) in [6.45, 7) is 1.69. The molecule has 0 radical (unpaired) electrons. The number of halogens is 1. The van der Waals surface area contributed by atoms with Crippen molar-refractivity contribution in [3.8, 4) is 0 Å². The Bertz CT molecular complexity index is 800. The van der Waals surface area contributed by atoms with E-state index in [0.29, 0.717) is 10.6 Å². The first-order valence-electron chi connectivity index (χ1n) is 6.55. The van der Waals surface area contributed by atoms with Gasteiger partial charge in [0.25, 0.3) is 0 Å². The van der Waals surface area contributed by atoms with Crippen molar-refractivity contribution in [3.63, 3.8) is 0 Å². The van der Waals surface area contributed by atoms with Crippen LogP contribution in [0.3, 0.4) is 0 Å². The van der Waals surface area contributed by atoms with Crippen molar-refractivity contribution >= 4 is 39.5 Å². The van der Waals surface area contributed by atoms with E-state index in [2.05, 4.69) is 14.9 Å². The Morgan fingerprint density at radius 2 is 2.25 bits per heavy atom. The van der Waals surface area contributed by atoms with E-state index in [4.69, 9.17) is 21.8 Å². The molecule has 20 heavy (non-hydrogen) atoms. The first-order chi connectivity index (χ1) is 9.72. The van der Waals surface area contributed by atoms with Gasteiger partial charge in [0.1, 0.15) is 17.4 Å². The third-order valence-electron chi connectivity index (χ3n) is 3.72. The van der Waals surface area contributed by atoms with Crippen molar-refractivity contribution < 1.29 is 4.42 Å². The molecule has 1 aliphatic heterocycles. The Labute approximate surface area is 120 Å². The zero-order valence-electron chi connectivity index (χ0n) is 10.7. The Hall–Kier alpha value is -1.85. The number of benzene rings is 1. The molecular weight excluding hydrogens is 276 g/mol. The molecule has 0 amide bonds.